The van der Waals surface area contributed by atoms with Gasteiger partial charge in [0.2, 0.25) is 0 Å². The second-order valence-electron chi connectivity index (χ2n) is 11.1. The zero-order valence-corrected chi connectivity index (χ0v) is 22.6. The summed E-state index contributed by atoms with van der Waals surface area (Å²) in [4.78, 5) is 27.9. The average molecular weight is 487 g/mol. The summed E-state index contributed by atoms with van der Waals surface area (Å²) in [6.07, 6.45) is 2.82. The molecule has 0 spiro atoms. The van der Waals surface area contributed by atoms with E-state index in [1.165, 1.54) is 4.90 Å². The Morgan fingerprint density at radius 2 is 1.65 bits per heavy atom. The summed E-state index contributed by atoms with van der Waals surface area (Å²) in [5.41, 5.74) is 3.56. The van der Waals surface area contributed by atoms with Gasteiger partial charge in [-0.25, -0.2) is 9.59 Å². The predicted molar refractivity (Wildman–Crippen MR) is 130 cm³/mol. The van der Waals surface area contributed by atoms with Gasteiger partial charge in [-0.1, -0.05) is 12.2 Å². The molecule has 1 aliphatic rings. The van der Waals surface area contributed by atoms with Crippen molar-refractivity contribution >= 4 is 12.1 Å². The van der Waals surface area contributed by atoms with Crippen LogP contribution in [-0.4, -0.2) is 76.5 Å². The van der Waals surface area contributed by atoms with Gasteiger partial charge in [-0.05, 0) is 75.7 Å². The number of aliphatic hydroxyl groups is 1. The molecular formula is C25H46N2O7. The number of allylic oxidation sites excluding steroid dienone is 1. The van der Waals surface area contributed by atoms with Gasteiger partial charge >= 0.3 is 12.1 Å². The van der Waals surface area contributed by atoms with Crippen molar-refractivity contribution in [1.29, 1.82) is 0 Å². The lowest BCUT2D eigenvalue weighted by molar-refractivity contribution is -0.170. The first-order valence-electron chi connectivity index (χ1n) is 12.0. The maximum absolute atomic E-state index is 13.4. The zero-order chi connectivity index (χ0) is 26.5. The van der Waals surface area contributed by atoms with Gasteiger partial charge in [-0.15, -0.1) is 0 Å². The van der Waals surface area contributed by atoms with E-state index in [0.29, 0.717) is 13.0 Å². The standard InChI is InChI=1S/C25H46N2O7/c1-11-13-17-14-18(21(28)33-23(4,5)6)27(22(29)34-24(7,8)9)19(17)20(26)25(10,30)15-32-16(3)31-12-2/h11,13,16-20,30H,12,14-15,26H2,1-10H3/b13-11-/t16?,17-,18-,19-,20-,25+/m1/s1. The molecule has 6 atom stereocenters. The molecule has 0 aromatic rings. The van der Waals surface area contributed by atoms with Crippen LogP contribution in [0.1, 0.15) is 75.7 Å². The highest BCUT2D eigenvalue weighted by molar-refractivity contribution is 5.83. The van der Waals surface area contributed by atoms with E-state index in [2.05, 4.69) is 0 Å². The molecule has 9 nitrogen and oxygen atoms in total. The van der Waals surface area contributed by atoms with Crippen molar-refractivity contribution in [3.05, 3.63) is 12.2 Å². The molecule has 3 N–H and O–H groups in total. The van der Waals surface area contributed by atoms with Crippen molar-refractivity contribution < 1.29 is 33.6 Å². The number of rotatable bonds is 9. The molecule has 0 aromatic carbocycles. The van der Waals surface area contributed by atoms with E-state index in [0.717, 1.165) is 0 Å². The molecule has 9 heteroatoms. The maximum Gasteiger partial charge on any atom is 0.411 e. The van der Waals surface area contributed by atoms with Crippen LogP contribution in [0, 0.1) is 5.92 Å². The fourth-order valence-electron chi connectivity index (χ4n) is 3.98. The number of nitrogens with zero attached hydrogens (tertiary/aromatic N) is 1. The normalized spacial score (nSPS) is 25.2. The second-order valence-corrected chi connectivity index (χ2v) is 11.1. The lowest BCUT2D eigenvalue weighted by atomic mass is 9.84. The Hall–Kier alpha value is -1.68. The Labute approximate surface area is 204 Å². The summed E-state index contributed by atoms with van der Waals surface area (Å²) in [6, 6.07) is -2.60. The van der Waals surface area contributed by atoms with Gasteiger partial charge in [0.25, 0.3) is 0 Å². The third kappa shape index (κ3) is 8.83. The zero-order valence-electron chi connectivity index (χ0n) is 22.6. The number of likely N-dealkylation sites (tertiary alicyclic amines) is 1. The smallest absolute Gasteiger partial charge is 0.411 e. The first-order valence-corrected chi connectivity index (χ1v) is 12.0. The van der Waals surface area contributed by atoms with Gasteiger partial charge < -0.3 is 29.8 Å². The summed E-state index contributed by atoms with van der Waals surface area (Å²) < 4.78 is 22.3. The number of ether oxygens (including phenoxy) is 4. The van der Waals surface area contributed by atoms with Crippen LogP contribution in [0.25, 0.3) is 0 Å². The minimum Gasteiger partial charge on any atom is -0.458 e. The third-order valence-corrected chi connectivity index (χ3v) is 5.41. The van der Waals surface area contributed by atoms with Crippen LogP contribution in [0.4, 0.5) is 4.79 Å². The molecule has 0 radical (unpaired) electrons. The number of carbonyl (C=O) groups excluding carboxylic acids is 2. The van der Waals surface area contributed by atoms with Gasteiger partial charge in [0, 0.05) is 12.5 Å². The molecule has 198 valence electrons. The molecule has 1 amide bonds. The molecule has 1 heterocycles. The molecule has 0 aliphatic carbocycles. The van der Waals surface area contributed by atoms with Crippen LogP contribution < -0.4 is 5.73 Å². The minimum absolute atomic E-state index is 0.117. The second kappa shape index (κ2) is 11.8. The van der Waals surface area contributed by atoms with Crippen LogP contribution in [0.5, 0.6) is 0 Å². The third-order valence-electron chi connectivity index (χ3n) is 5.41. The van der Waals surface area contributed by atoms with Crippen LogP contribution in [0.3, 0.4) is 0 Å². The van der Waals surface area contributed by atoms with E-state index >= 15 is 0 Å². The quantitative estimate of drug-likeness (QED) is 0.289. The summed E-state index contributed by atoms with van der Waals surface area (Å²) in [7, 11) is 0. The van der Waals surface area contributed by atoms with E-state index in [9.17, 15) is 14.7 Å². The molecule has 0 saturated carbocycles. The molecule has 1 saturated heterocycles. The highest BCUT2D eigenvalue weighted by Crippen LogP contribution is 2.37. The number of hydrogen-bond donors (Lipinski definition) is 2. The Morgan fingerprint density at radius 3 is 2.12 bits per heavy atom. The number of amides is 1. The van der Waals surface area contributed by atoms with E-state index in [1.54, 1.807) is 55.4 Å². The number of nitrogens with two attached hydrogens (primary N) is 1. The average Bonchev–Trinajstić information content (AvgIpc) is 3.03. The van der Waals surface area contributed by atoms with E-state index in [-0.39, 0.29) is 12.5 Å². The van der Waals surface area contributed by atoms with Crippen molar-refractivity contribution in [3.8, 4) is 0 Å². The van der Waals surface area contributed by atoms with Crippen molar-refractivity contribution in [2.45, 2.75) is 117 Å². The molecule has 1 unspecified atom stereocenters. The monoisotopic (exact) mass is 486 g/mol. The maximum atomic E-state index is 13.4. The molecule has 1 aliphatic heterocycles. The lowest BCUT2D eigenvalue weighted by Crippen LogP contribution is -2.63. The number of hydrogen-bond acceptors (Lipinski definition) is 8. The lowest BCUT2D eigenvalue weighted by Gasteiger charge is -2.41. The summed E-state index contributed by atoms with van der Waals surface area (Å²) in [5.74, 6) is -0.843. The molecule has 1 rings (SSSR count). The van der Waals surface area contributed by atoms with E-state index in [1.807, 2.05) is 26.0 Å². The SMILES string of the molecule is C/C=C\[C@@H]1C[C@H](C(=O)OC(C)(C)C)N(C(=O)OC(C)(C)C)[C@H]1[C@@H](N)[C@@](C)(O)COC(C)OCC. The fourth-order valence-corrected chi connectivity index (χ4v) is 3.98. The van der Waals surface area contributed by atoms with Crippen molar-refractivity contribution in [2.75, 3.05) is 13.2 Å². The molecule has 0 bridgehead atoms. The van der Waals surface area contributed by atoms with Crippen molar-refractivity contribution in [2.24, 2.45) is 11.7 Å². The fraction of sp³-hybridized carbons (Fsp3) is 0.840. The van der Waals surface area contributed by atoms with Crippen LogP contribution in [-0.2, 0) is 23.7 Å². The molecule has 34 heavy (non-hydrogen) atoms. The summed E-state index contributed by atoms with van der Waals surface area (Å²) in [5, 5.41) is 11.3. The van der Waals surface area contributed by atoms with Crippen LogP contribution in [0.15, 0.2) is 12.2 Å². The minimum atomic E-state index is -1.53. The predicted octanol–water partition coefficient (Wildman–Crippen LogP) is 3.38. The van der Waals surface area contributed by atoms with Crippen LogP contribution in [0.2, 0.25) is 0 Å². The van der Waals surface area contributed by atoms with Gasteiger partial charge in [0.1, 0.15) is 22.8 Å². The molecule has 1 fully saturated rings. The van der Waals surface area contributed by atoms with E-state index in [4.69, 9.17) is 24.7 Å². The first-order chi connectivity index (χ1) is 15.4. The molecular weight excluding hydrogens is 440 g/mol. The summed E-state index contributed by atoms with van der Waals surface area (Å²) in [6.45, 7) is 17.9. The topological polar surface area (TPSA) is 121 Å². The Balaban J connectivity index is 3.38. The Morgan fingerprint density at radius 1 is 1.09 bits per heavy atom. The molecule has 0 aromatic heterocycles. The van der Waals surface area contributed by atoms with Crippen LogP contribution >= 0.6 is 0 Å². The van der Waals surface area contributed by atoms with Crippen molar-refractivity contribution in [1.82, 2.24) is 4.90 Å². The first kappa shape index (κ1) is 30.4. The Kier molecular flexibility index (Phi) is 10.6. The summed E-state index contributed by atoms with van der Waals surface area (Å²) >= 11 is 0. The Bertz CT molecular complexity index is 709. The van der Waals surface area contributed by atoms with Gasteiger partial charge in [-0.2, -0.15) is 0 Å². The highest BCUT2D eigenvalue weighted by Gasteiger charge is 2.54. The van der Waals surface area contributed by atoms with Gasteiger partial charge in [-0.3, -0.25) is 4.90 Å². The van der Waals surface area contributed by atoms with Gasteiger partial charge in [0.05, 0.1) is 18.7 Å². The van der Waals surface area contributed by atoms with Crippen molar-refractivity contribution in [3.63, 3.8) is 0 Å². The number of carbonyl (C=O) groups is 2. The number of esters is 1. The van der Waals surface area contributed by atoms with E-state index < -0.39 is 53.3 Å². The largest absolute Gasteiger partial charge is 0.458 e. The highest BCUT2D eigenvalue weighted by atomic mass is 16.7. The van der Waals surface area contributed by atoms with Gasteiger partial charge in [0.15, 0.2) is 6.29 Å².